The lowest BCUT2D eigenvalue weighted by atomic mass is 10.2. The molecule has 0 spiro atoms. The number of rotatable bonds is 1. The summed E-state index contributed by atoms with van der Waals surface area (Å²) >= 11 is 0. The van der Waals surface area contributed by atoms with Crippen molar-refractivity contribution < 1.29 is 12.8 Å². The molecule has 0 fully saturated rings. The van der Waals surface area contributed by atoms with Crippen molar-refractivity contribution in [2.75, 3.05) is 6.26 Å². The second-order valence-corrected chi connectivity index (χ2v) is 4.70. The molecule has 1 rings (SSSR count). The first kappa shape index (κ1) is 13.1. The Bertz CT molecular complexity index is 397. The summed E-state index contributed by atoms with van der Waals surface area (Å²) in [5.41, 5.74) is 0.447. The Morgan fingerprint density at radius 2 is 1.71 bits per heavy atom. The standard InChI is InChI=1S/C8H9FO2S.C2H6/c1-6-3-4-7(5-8(6)9)12(2,10)11;1-2/h3-5H,1-2H3;1-2H3. The van der Waals surface area contributed by atoms with E-state index in [-0.39, 0.29) is 4.90 Å². The quantitative estimate of drug-likeness (QED) is 0.726. The van der Waals surface area contributed by atoms with E-state index in [1.54, 1.807) is 6.92 Å². The van der Waals surface area contributed by atoms with Crippen molar-refractivity contribution in [2.45, 2.75) is 25.7 Å². The summed E-state index contributed by atoms with van der Waals surface area (Å²) < 4.78 is 34.7. The Labute approximate surface area is 84.7 Å². The van der Waals surface area contributed by atoms with Crippen LogP contribution in [0.2, 0.25) is 0 Å². The molecule has 0 amide bonds. The average molecular weight is 218 g/mol. The Kier molecular flexibility index (Phi) is 4.77. The highest BCUT2D eigenvalue weighted by molar-refractivity contribution is 7.90. The van der Waals surface area contributed by atoms with E-state index in [2.05, 4.69) is 0 Å². The second kappa shape index (κ2) is 5.10. The maximum atomic E-state index is 12.8. The fraction of sp³-hybridized carbons (Fsp3) is 0.400. The lowest BCUT2D eigenvalue weighted by Crippen LogP contribution is -1.98. The van der Waals surface area contributed by atoms with Gasteiger partial charge in [-0.1, -0.05) is 19.9 Å². The van der Waals surface area contributed by atoms with Gasteiger partial charge in [-0.2, -0.15) is 0 Å². The van der Waals surface area contributed by atoms with Crippen LogP contribution >= 0.6 is 0 Å². The SMILES string of the molecule is CC.Cc1ccc(S(C)(=O)=O)cc1F. The topological polar surface area (TPSA) is 34.1 Å². The van der Waals surface area contributed by atoms with Crippen LogP contribution in [0.15, 0.2) is 23.1 Å². The fourth-order valence-corrected chi connectivity index (χ4v) is 1.44. The number of sulfone groups is 1. The van der Waals surface area contributed by atoms with Gasteiger partial charge in [0, 0.05) is 6.26 Å². The van der Waals surface area contributed by atoms with Gasteiger partial charge in [-0.25, -0.2) is 12.8 Å². The zero-order chi connectivity index (χ0) is 11.4. The van der Waals surface area contributed by atoms with Crippen LogP contribution in [0.25, 0.3) is 0 Å². The first-order valence-corrected chi connectivity index (χ1v) is 6.26. The molecular weight excluding hydrogens is 203 g/mol. The van der Waals surface area contributed by atoms with E-state index in [0.29, 0.717) is 5.56 Å². The van der Waals surface area contributed by atoms with E-state index in [1.165, 1.54) is 12.1 Å². The van der Waals surface area contributed by atoms with Gasteiger partial charge >= 0.3 is 0 Å². The molecule has 0 radical (unpaired) electrons. The Balaban J connectivity index is 0.000000791. The molecular formula is C10H15FO2S. The Morgan fingerprint density at radius 3 is 2.07 bits per heavy atom. The van der Waals surface area contributed by atoms with Gasteiger partial charge in [0.15, 0.2) is 9.84 Å². The zero-order valence-electron chi connectivity index (χ0n) is 8.83. The van der Waals surface area contributed by atoms with E-state index in [9.17, 15) is 12.8 Å². The molecule has 0 aliphatic heterocycles. The largest absolute Gasteiger partial charge is 0.224 e. The third kappa shape index (κ3) is 3.46. The summed E-state index contributed by atoms with van der Waals surface area (Å²) in [6.45, 7) is 5.58. The van der Waals surface area contributed by atoms with Crippen molar-refractivity contribution in [1.82, 2.24) is 0 Å². The fourth-order valence-electron chi connectivity index (χ4n) is 0.804. The van der Waals surface area contributed by atoms with Gasteiger partial charge < -0.3 is 0 Å². The van der Waals surface area contributed by atoms with Gasteiger partial charge in [-0.05, 0) is 24.6 Å². The zero-order valence-corrected chi connectivity index (χ0v) is 9.65. The monoisotopic (exact) mass is 218 g/mol. The molecule has 0 aliphatic rings. The van der Waals surface area contributed by atoms with Crippen LogP contribution in [0.5, 0.6) is 0 Å². The van der Waals surface area contributed by atoms with Gasteiger partial charge in [0.05, 0.1) is 4.90 Å². The number of halogens is 1. The third-order valence-electron chi connectivity index (χ3n) is 1.57. The van der Waals surface area contributed by atoms with Gasteiger partial charge in [0.1, 0.15) is 5.82 Å². The van der Waals surface area contributed by atoms with Crippen LogP contribution in [0, 0.1) is 12.7 Å². The summed E-state index contributed by atoms with van der Waals surface area (Å²) in [5, 5.41) is 0. The number of hydrogen-bond acceptors (Lipinski definition) is 2. The van der Waals surface area contributed by atoms with Crippen molar-refractivity contribution in [3.05, 3.63) is 29.6 Å². The molecule has 14 heavy (non-hydrogen) atoms. The van der Waals surface area contributed by atoms with Crippen LogP contribution < -0.4 is 0 Å². The van der Waals surface area contributed by atoms with Gasteiger partial charge in [-0.15, -0.1) is 0 Å². The minimum Gasteiger partial charge on any atom is -0.224 e. The second-order valence-electron chi connectivity index (χ2n) is 2.68. The maximum Gasteiger partial charge on any atom is 0.175 e. The highest BCUT2D eigenvalue weighted by atomic mass is 32.2. The molecule has 0 N–H and O–H groups in total. The van der Waals surface area contributed by atoms with E-state index >= 15 is 0 Å². The van der Waals surface area contributed by atoms with Crippen LogP contribution in [-0.2, 0) is 9.84 Å². The summed E-state index contributed by atoms with van der Waals surface area (Å²) in [4.78, 5) is 0.0191. The summed E-state index contributed by atoms with van der Waals surface area (Å²) in [5.74, 6) is -0.488. The third-order valence-corrected chi connectivity index (χ3v) is 2.68. The van der Waals surface area contributed by atoms with Crippen molar-refractivity contribution in [2.24, 2.45) is 0 Å². The van der Waals surface area contributed by atoms with Crippen molar-refractivity contribution in [1.29, 1.82) is 0 Å². The Hall–Kier alpha value is -0.900. The molecule has 0 aliphatic carbocycles. The molecule has 1 aromatic rings. The Morgan fingerprint density at radius 1 is 1.21 bits per heavy atom. The molecule has 80 valence electrons. The summed E-state index contributed by atoms with van der Waals surface area (Å²) in [7, 11) is -3.28. The molecule has 1 aromatic carbocycles. The normalized spacial score (nSPS) is 10.4. The van der Waals surface area contributed by atoms with Crippen molar-refractivity contribution in [3.63, 3.8) is 0 Å². The van der Waals surface area contributed by atoms with Crippen LogP contribution in [0.1, 0.15) is 19.4 Å². The first-order chi connectivity index (χ1) is 6.41. The number of benzene rings is 1. The van der Waals surface area contributed by atoms with Crippen molar-refractivity contribution in [3.8, 4) is 0 Å². The highest BCUT2D eigenvalue weighted by Gasteiger charge is 2.08. The minimum atomic E-state index is -3.28. The summed E-state index contributed by atoms with van der Waals surface area (Å²) in [6, 6.07) is 3.88. The molecule has 0 unspecified atom stereocenters. The minimum absolute atomic E-state index is 0.0191. The first-order valence-electron chi connectivity index (χ1n) is 4.37. The highest BCUT2D eigenvalue weighted by Crippen LogP contribution is 2.13. The lowest BCUT2D eigenvalue weighted by Gasteiger charge is -1.99. The van der Waals surface area contributed by atoms with Gasteiger partial charge in [-0.3, -0.25) is 0 Å². The van der Waals surface area contributed by atoms with E-state index < -0.39 is 15.7 Å². The predicted molar refractivity (Wildman–Crippen MR) is 55.6 cm³/mol. The molecule has 0 saturated carbocycles. The predicted octanol–water partition coefficient (Wildman–Crippen LogP) is 2.56. The number of hydrogen-bond donors (Lipinski definition) is 0. The van der Waals surface area contributed by atoms with E-state index in [0.717, 1.165) is 12.3 Å². The molecule has 0 atom stereocenters. The van der Waals surface area contributed by atoms with Crippen molar-refractivity contribution >= 4 is 9.84 Å². The van der Waals surface area contributed by atoms with Crippen LogP contribution in [0.3, 0.4) is 0 Å². The smallest absolute Gasteiger partial charge is 0.175 e. The molecule has 0 saturated heterocycles. The van der Waals surface area contributed by atoms with Crippen LogP contribution in [0.4, 0.5) is 4.39 Å². The molecule has 4 heteroatoms. The van der Waals surface area contributed by atoms with Gasteiger partial charge in [0.2, 0.25) is 0 Å². The molecule has 0 heterocycles. The number of aryl methyl sites for hydroxylation is 1. The molecule has 0 bridgehead atoms. The molecule has 0 aromatic heterocycles. The lowest BCUT2D eigenvalue weighted by molar-refractivity contribution is 0.593. The summed E-state index contributed by atoms with van der Waals surface area (Å²) in [6.07, 6.45) is 1.05. The van der Waals surface area contributed by atoms with E-state index in [4.69, 9.17) is 0 Å². The van der Waals surface area contributed by atoms with Gasteiger partial charge in [0.25, 0.3) is 0 Å². The maximum absolute atomic E-state index is 12.8. The van der Waals surface area contributed by atoms with E-state index in [1.807, 2.05) is 13.8 Å². The molecule has 2 nitrogen and oxygen atoms in total. The average Bonchev–Trinajstić information content (AvgIpc) is 2.11. The van der Waals surface area contributed by atoms with Crippen LogP contribution in [-0.4, -0.2) is 14.7 Å².